The first-order valence-corrected chi connectivity index (χ1v) is 7.31. The smallest absolute Gasteiger partial charge is 0.226 e. The van der Waals surface area contributed by atoms with Gasteiger partial charge in [-0.05, 0) is 42.9 Å². The van der Waals surface area contributed by atoms with Crippen LogP contribution in [0.15, 0.2) is 24.3 Å². The number of likely N-dealkylation sites (N-methyl/N-ethyl adjacent to an activating group) is 1. The molecule has 1 fully saturated rings. The molecule has 0 saturated carbocycles. The van der Waals surface area contributed by atoms with Crippen LogP contribution in [0.1, 0.15) is 24.8 Å². The van der Waals surface area contributed by atoms with Gasteiger partial charge in [0.25, 0.3) is 0 Å². The molecule has 20 heavy (non-hydrogen) atoms. The monoisotopic (exact) mass is 276 g/mol. The number of amides is 1. The third-order valence-electron chi connectivity index (χ3n) is 3.97. The number of ether oxygens (including phenoxy) is 1. The van der Waals surface area contributed by atoms with E-state index in [0.29, 0.717) is 12.3 Å². The number of hydrogen-bond donors (Lipinski definition) is 1. The van der Waals surface area contributed by atoms with Gasteiger partial charge in [0, 0.05) is 32.5 Å². The number of carbonyl (C=O) groups is 1. The number of nitrogens with two attached hydrogens (primary N) is 1. The van der Waals surface area contributed by atoms with E-state index in [0.717, 1.165) is 50.3 Å². The highest BCUT2D eigenvalue weighted by molar-refractivity contribution is 5.78. The first-order chi connectivity index (χ1) is 9.65. The van der Waals surface area contributed by atoms with Crippen LogP contribution in [0.4, 0.5) is 5.69 Å². The van der Waals surface area contributed by atoms with E-state index in [1.807, 2.05) is 36.2 Å². The Morgan fingerprint density at radius 2 is 1.95 bits per heavy atom. The molecule has 1 saturated heterocycles. The molecule has 0 spiro atoms. The van der Waals surface area contributed by atoms with E-state index in [2.05, 4.69) is 0 Å². The molecule has 1 amide bonds. The average molecular weight is 276 g/mol. The van der Waals surface area contributed by atoms with Gasteiger partial charge in [0.05, 0.1) is 6.42 Å². The number of rotatable bonds is 5. The second-order valence-corrected chi connectivity index (χ2v) is 5.58. The molecule has 1 aliphatic rings. The SMILES string of the molecule is CN(CCC1CCOCC1)C(=O)Cc1ccc(N)cc1. The second kappa shape index (κ2) is 7.29. The maximum atomic E-state index is 12.1. The zero-order valence-corrected chi connectivity index (χ0v) is 12.2. The van der Waals surface area contributed by atoms with Gasteiger partial charge in [0.2, 0.25) is 5.91 Å². The molecule has 4 nitrogen and oxygen atoms in total. The lowest BCUT2D eigenvalue weighted by molar-refractivity contribution is -0.129. The zero-order chi connectivity index (χ0) is 14.4. The molecular formula is C16H24N2O2. The van der Waals surface area contributed by atoms with Crippen molar-refractivity contribution in [3.63, 3.8) is 0 Å². The molecule has 1 aromatic rings. The van der Waals surface area contributed by atoms with E-state index in [9.17, 15) is 4.79 Å². The fourth-order valence-electron chi connectivity index (χ4n) is 2.48. The Hall–Kier alpha value is -1.55. The summed E-state index contributed by atoms with van der Waals surface area (Å²) >= 11 is 0. The van der Waals surface area contributed by atoms with Crippen LogP contribution >= 0.6 is 0 Å². The molecule has 0 atom stereocenters. The van der Waals surface area contributed by atoms with Gasteiger partial charge in [0.15, 0.2) is 0 Å². The van der Waals surface area contributed by atoms with Crippen LogP contribution in [0, 0.1) is 5.92 Å². The number of anilines is 1. The summed E-state index contributed by atoms with van der Waals surface area (Å²) in [6.45, 7) is 2.57. The van der Waals surface area contributed by atoms with Gasteiger partial charge in [0.1, 0.15) is 0 Å². The Kier molecular flexibility index (Phi) is 5.41. The second-order valence-electron chi connectivity index (χ2n) is 5.58. The van der Waals surface area contributed by atoms with Crippen molar-refractivity contribution in [1.29, 1.82) is 0 Å². The van der Waals surface area contributed by atoms with Crippen LogP contribution in [0.3, 0.4) is 0 Å². The maximum Gasteiger partial charge on any atom is 0.226 e. The van der Waals surface area contributed by atoms with Gasteiger partial charge in [-0.25, -0.2) is 0 Å². The van der Waals surface area contributed by atoms with Crippen molar-refractivity contribution in [3.05, 3.63) is 29.8 Å². The molecule has 0 bridgehead atoms. The first kappa shape index (κ1) is 14.9. The van der Waals surface area contributed by atoms with Crippen LogP contribution in [0.2, 0.25) is 0 Å². The lowest BCUT2D eigenvalue weighted by atomic mass is 9.96. The standard InChI is InChI=1S/C16H24N2O2/c1-18(9-6-13-7-10-20-11-8-13)16(19)12-14-2-4-15(17)5-3-14/h2-5,13H,6-12,17H2,1H3. The van der Waals surface area contributed by atoms with Crippen molar-refractivity contribution in [2.75, 3.05) is 32.5 Å². The van der Waals surface area contributed by atoms with E-state index >= 15 is 0 Å². The summed E-state index contributed by atoms with van der Waals surface area (Å²) in [5, 5.41) is 0. The van der Waals surface area contributed by atoms with Gasteiger partial charge in [-0.1, -0.05) is 12.1 Å². The third kappa shape index (κ3) is 4.53. The lowest BCUT2D eigenvalue weighted by Gasteiger charge is -2.25. The fraction of sp³-hybridized carbons (Fsp3) is 0.562. The maximum absolute atomic E-state index is 12.1. The molecule has 2 rings (SSSR count). The van der Waals surface area contributed by atoms with E-state index in [-0.39, 0.29) is 5.91 Å². The molecule has 1 aromatic carbocycles. The van der Waals surface area contributed by atoms with Gasteiger partial charge in [-0.2, -0.15) is 0 Å². The predicted molar refractivity (Wildman–Crippen MR) is 80.4 cm³/mol. The van der Waals surface area contributed by atoms with Crippen LogP contribution in [0.5, 0.6) is 0 Å². The summed E-state index contributed by atoms with van der Waals surface area (Å²) in [6.07, 6.45) is 3.78. The lowest BCUT2D eigenvalue weighted by Crippen LogP contribution is -2.31. The predicted octanol–water partition coefficient (Wildman–Crippen LogP) is 2.09. The van der Waals surface area contributed by atoms with Crippen molar-refractivity contribution in [2.45, 2.75) is 25.7 Å². The first-order valence-electron chi connectivity index (χ1n) is 7.31. The Labute approximate surface area is 120 Å². The van der Waals surface area contributed by atoms with Gasteiger partial charge in [-0.3, -0.25) is 4.79 Å². The highest BCUT2D eigenvalue weighted by Crippen LogP contribution is 2.18. The molecule has 110 valence electrons. The zero-order valence-electron chi connectivity index (χ0n) is 12.2. The molecule has 0 radical (unpaired) electrons. The Morgan fingerprint density at radius 3 is 2.60 bits per heavy atom. The molecule has 2 N–H and O–H groups in total. The van der Waals surface area contributed by atoms with E-state index in [1.165, 1.54) is 0 Å². The Bertz CT molecular complexity index is 425. The number of nitrogen functional groups attached to an aromatic ring is 1. The number of carbonyl (C=O) groups excluding carboxylic acids is 1. The van der Waals surface area contributed by atoms with Gasteiger partial charge >= 0.3 is 0 Å². The number of benzene rings is 1. The van der Waals surface area contributed by atoms with Gasteiger partial charge < -0.3 is 15.4 Å². The van der Waals surface area contributed by atoms with Crippen molar-refractivity contribution in [1.82, 2.24) is 4.90 Å². The van der Waals surface area contributed by atoms with E-state index in [1.54, 1.807) is 0 Å². The summed E-state index contributed by atoms with van der Waals surface area (Å²) in [4.78, 5) is 14.0. The minimum absolute atomic E-state index is 0.168. The number of nitrogens with zero attached hydrogens (tertiary/aromatic N) is 1. The quantitative estimate of drug-likeness (QED) is 0.838. The summed E-state index contributed by atoms with van der Waals surface area (Å²) in [5.74, 6) is 0.873. The highest BCUT2D eigenvalue weighted by Gasteiger charge is 2.16. The normalized spacial score (nSPS) is 16.1. The van der Waals surface area contributed by atoms with E-state index in [4.69, 9.17) is 10.5 Å². The van der Waals surface area contributed by atoms with Crippen LogP contribution in [-0.2, 0) is 16.0 Å². The van der Waals surface area contributed by atoms with Crippen LogP contribution in [0.25, 0.3) is 0 Å². The van der Waals surface area contributed by atoms with Gasteiger partial charge in [-0.15, -0.1) is 0 Å². The third-order valence-corrected chi connectivity index (χ3v) is 3.97. The van der Waals surface area contributed by atoms with Crippen molar-refractivity contribution in [2.24, 2.45) is 5.92 Å². The minimum Gasteiger partial charge on any atom is -0.399 e. The van der Waals surface area contributed by atoms with Crippen LogP contribution < -0.4 is 5.73 Å². The highest BCUT2D eigenvalue weighted by atomic mass is 16.5. The fourth-order valence-corrected chi connectivity index (χ4v) is 2.48. The molecule has 0 aliphatic carbocycles. The molecule has 1 heterocycles. The molecule has 0 aromatic heterocycles. The van der Waals surface area contributed by atoms with Crippen molar-refractivity contribution < 1.29 is 9.53 Å². The summed E-state index contributed by atoms with van der Waals surface area (Å²) in [6, 6.07) is 7.51. The van der Waals surface area contributed by atoms with Crippen LogP contribution in [-0.4, -0.2) is 37.6 Å². The average Bonchev–Trinajstić information content (AvgIpc) is 2.48. The van der Waals surface area contributed by atoms with Crippen molar-refractivity contribution in [3.8, 4) is 0 Å². The summed E-state index contributed by atoms with van der Waals surface area (Å²) < 4.78 is 5.35. The summed E-state index contributed by atoms with van der Waals surface area (Å²) in [5.41, 5.74) is 7.39. The Morgan fingerprint density at radius 1 is 1.30 bits per heavy atom. The topological polar surface area (TPSA) is 55.6 Å². The molecular weight excluding hydrogens is 252 g/mol. The summed E-state index contributed by atoms with van der Waals surface area (Å²) in [7, 11) is 1.89. The molecule has 0 unspecified atom stereocenters. The largest absolute Gasteiger partial charge is 0.399 e. The van der Waals surface area contributed by atoms with E-state index < -0.39 is 0 Å². The Balaban J connectivity index is 1.75. The number of hydrogen-bond acceptors (Lipinski definition) is 3. The van der Waals surface area contributed by atoms with Crippen molar-refractivity contribution >= 4 is 11.6 Å². The molecule has 4 heteroatoms. The minimum atomic E-state index is 0.168. The molecule has 1 aliphatic heterocycles.